The van der Waals surface area contributed by atoms with Gasteiger partial charge in [0.15, 0.2) is 0 Å². The lowest BCUT2D eigenvalue weighted by molar-refractivity contribution is 0.0938. The third-order valence-electron chi connectivity index (χ3n) is 3.95. The average Bonchev–Trinajstić information content (AvgIpc) is 3.07. The van der Waals surface area contributed by atoms with Gasteiger partial charge in [0, 0.05) is 18.2 Å². The fourth-order valence-corrected chi connectivity index (χ4v) is 2.72. The minimum Gasteiger partial charge on any atom is -0.469 e. The lowest BCUT2D eigenvalue weighted by Crippen LogP contribution is -2.37. The molecular weight excluding hydrogens is 316 g/mol. The molecule has 2 heterocycles. The molecule has 0 fully saturated rings. The van der Waals surface area contributed by atoms with Crippen molar-refractivity contribution in [2.75, 3.05) is 0 Å². The Morgan fingerprint density at radius 2 is 2.04 bits per heavy atom. The second kappa shape index (κ2) is 7.21. The van der Waals surface area contributed by atoms with E-state index in [0.717, 1.165) is 16.9 Å². The van der Waals surface area contributed by atoms with Crippen LogP contribution < -0.4 is 10.9 Å². The van der Waals surface area contributed by atoms with E-state index in [9.17, 15) is 9.59 Å². The van der Waals surface area contributed by atoms with Gasteiger partial charge in [-0.1, -0.05) is 23.8 Å². The summed E-state index contributed by atoms with van der Waals surface area (Å²) in [6.45, 7) is 3.86. The van der Waals surface area contributed by atoms with Crippen molar-refractivity contribution < 1.29 is 9.21 Å². The van der Waals surface area contributed by atoms with Crippen LogP contribution in [-0.2, 0) is 6.42 Å². The maximum atomic E-state index is 12.3. The maximum Gasteiger partial charge on any atom is 0.261 e. The van der Waals surface area contributed by atoms with Crippen LogP contribution in [0.5, 0.6) is 0 Å². The Labute approximate surface area is 145 Å². The molecule has 1 amide bonds. The van der Waals surface area contributed by atoms with Crippen LogP contribution in [0.15, 0.2) is 64.0 Å². The number of hydrogen-bond acceptors (Lipinski definition) is 3. The predicted molar refractivity (Wildman–Crippen MR) is 96.6 cm³/mol. The zero-order valence-electron chi connectivity index (χ0n) is 14.2. The van der Waals surface area contributed by atoms with Crippen LogP contribution >= 0.6 is 0 Å². The quantitative estimate of drug-likeness (QED) is 0.750. The molecule has 0 aliphatic rings. The van der Waals surface area contributed by atoms with Gasteiger partial charge >= 0.3 is 0 Å². The van der Waals surface area contributed by atoms with E-state index in [0.29, 0.717) is 12.1 Å². The van der Waals surface area contributed by atoms with Crippen molar-refractivity contribution in [3.8, 4) is 11.3 Å². The van der Waals surface area contributed by atoms with E-state index in [4.69, 9.17) is 4.42 Å². The van der Waals surface area contributed by atoms with Crippen LogP contribution in [-0.4, -0.2) is 16.9 Å². The molecule has 5 heteroatoms. The Bertz CT molecular complexity index is 926. The van der Waals surface area contributed by atoms with Crippen molar-refractivity contribution in [1.82, 2.24) is 10.3 Å². The van der Waals surface area contributed by atoms with E-state index in [1.54, 1.807) is 24.5 Å². The van der Waals surface area contributed by atoms with Gasteiger partial charge in [0.1, 0.15) is 11.3 Å². The lowest BCUT2D eigenvalue weighted by Gasteiger charge is -2.12. The number of H-pyrrole nitrogens is 1. The lowest BCUT2D eigenvalue weighted by atomic mass is 10.1. The van der Waals surface area contributed by atoms with Crippen molar-refractivity contribution >= 4 is 5.91 Å². The third kappa shape index (κ3) is 4.07. The molecule has 1 atom stereocenters. The maximum absolute atomic E-state index is 12.3. The van der Waals surface area contributed by atoms with E-state index in [2.05, 4.69) is 10.3 Å². The van der Waals surface area contributed by atoms with Gasteiger partial charge in [-0.15, -0.1) is 0 Å². The summed E-state index contributed by atoms with van der Waals surface area (Å²) in [6.07, 6.45) is 2.16. The van der Waals surface area contributed by atoms with Crippen LogP contribution in [0.1, 0.15) is 28.6 Å². The number of rotatable bonds is 5. The second-order valence-corrected chi connectivity index (χ2v) is 6.14. The molecule has 0 aliphatic carbocycles. The SMILES string of the molecule is Cc1cccc(-c2ccc(C(=O)N[C@@H](C)Cc3ccco3)c(=O)[nH]2)c1. The van der Waals surface area contributed by atoms with Crippen molar-refractivity contribution in [3.63, 3.8) is 0 Å². The monoisotopic (exact) mass is 336 g/mol. The van der Waals surface area contributed by atoms with Crippen molar-refractivity contribution in [3.05, 3.63) is 82.0 Å². The van der Waals surface area contributed by atoms with E-state index in [1.807, 2.05) is 44.2 Å². The average molecular weight is 336 g/mol. The van der Waals surface area contributed by atoms with Gasteiger partial charge < -0.3 is 14.7 Å². The summed E-state index contributed by atoms with van der Waals surface area (Å²) in [4.78, 5) is 27.4. The third-order valence-corrected chi connectivity index (χ3v) is 3.95. The fraction of sp³-hybridized carbons (Fsp3) is 0.200. The molecule has 0 saturated carbocycles. The number of carbonyl (C=O) groups is 1. The standard InChI is InChI=1S/C20H20N2O3/c1-13-5-3-6-15(11-13)18-9-8-17(20(24)22-18)19(23)21-14(2)12-16-7-4-10-25-16/h3-11,14H,12H2,1-2H3,(H,21,23)(H,22,24)/t14-/m0/s1. The number of benzene rings is 1. The van der Waals surface area contributed by atoms with Gasteiger partial charge in [0.2, 0.25) is 0 Å². The summed E-state index contributed by atoms with van der Waals surface area (Å²) in [5.74, 6) is 0.396. The molecule has 0 saturated heterocycles. The van der Waals surface area contributed by atoms with Crippen LogP contribution in [0.4, 0.5) is 0 Å². The second-order valence-electron chi connectivity index (χ2n) is 6.14. The number of furan rings is 1. The number of hydrogen-bond donors (Lipinski definition) is 2. The number of aromatic amines is 1. The number of nitrogens with one attached hydrogen (secondary N) is 2. The highest BCUT2D eigenvalue weighted by Crippen LogP contribution is 2.17. The molecular formula is C20H20N2O3. The van der Waals surface area contributed by atoms with E-state index in [1.165, 1.54) is 0 Å². The Hall–Kier alpha value is -3.08. The predicted octanol–water partition coefficient (Wildman–Crippen LogP) is 3.30. The molecule has 0 bridgehead atoms. The molecule has 128 valence electrons. The molecule has 0 aliphatic heterocycles. The zero-order valence-corrected chi connectivity index (χ0v) is 14.2. The number of amides is 1. The summed E-state index contributed by atoms with van der Waals surface area (Å²) >= 11 is 0. The number of pyridine rings is 1. The van der Waals surface area contributed by atoms with Crippen molar-refractivity contribution in [1.29, 1.82) is 0 Å². The van der Waals surface area contributed by atoms with Crippen LogP contribution in [0.25, 0.3) is 11.3 Å². The smallest absolute Gasteiger partial charge is 0.261 e. The molecule has 5 nitrogen and oxygen atoms in total. The molecule has 2 aromatic heterocycles. The van der Waals surface area contributed by atoms with Crippen LogP contribution in [0.3, 0.4) is 0 Å². The van der Waals surface area contributed by atoms with Crippen molar-refractivity contribution in [2.45, 2.75) is 26.3 Å². The molecule has 2 N–H and O–H groups in total. The summed E-state index contributed by atoms with van der Waals surface area (Å²) in [7, 11) is 0. The molecule has 1 aromatic carbocycles. The first-order valence-electron chi connectivity index (χ1n) is 8.16. The minimum absolute atomic E-state index is 0.0997. The highest BCUT2D eigenvalue weighted by Gasteiger charge is 2.15. The first-order chi connectivity index (χ1) is 12.0. The van der Waals surface area contributed by atoms with Gasteiger partial charge in [-0.25, -0.2) is 0 Å². The van der Waals surface area contributed by atoms with Crippen molar-refractivity contribution in [2.24, 2.45) is 0 Å². The Morgan fingerprint density at radius 1 is 1.20 bits per heavy atom. The largest absolute Gasteiger partial charge is 0.469 e. The molecule has 3 aromatic rings. The van der Waals surface area contributed by atoms with E-state index >= 15 is 0 Å². The first-order valence-corrected chi connectivity index (χ1v) is 8.16. The first kappa shape index (κ1) is 16.8. The fourth-order valence-electron chi connectivity index (χ4n) is 2.72. The number of aromatic nitrogens is 1. The Kier molecular flexibility index (Phi) is 4.84. The molecule has 25 heavy (non-hydrogen) atoms. The molecule has 0 spiro atoms. The topological polar surface area (TPSA) is 75.1 Å². The van der Waals surface area contributed by atoms with E-state index in [-0.39, 0.29) is 11.6 Å². The van der Waals surface area contributed by atoms with Crippen LogP contribution in [0.2, 0.25) is 0 Å². The van der Waals surface area contributed by atoms with Crippen LogP contribution in [0, 0.1) is 6.92 Å². The highest BCUT2D eigenvalue weighted by atomic mass is 16.3. The number of carbonyl (C=O) groups excluding carboxylic acids is 1. The normalized spacial score (nSPS) is 11.9. The summed E-state index contributed by atoms with van der Waals surface area (Å²) in [5.41, 5.74) is 2.40. The van der Waals surface area contributed by atoms with Gasteiger partial charge in [-0.05, 0) is 49.7 Å². The van der Waals surface area contributed by atoms with E-state index < -0.39 is 11.5 Å². The van der Waals surface area contributed by atoms with Gasteiger partial charge in [0.25, 0.3) is 11.5 Å². The highest BCUT2D eigenvalue weighted by molar-refractivity contribution is 5.94. The summed E-state index contributed by atoms with van der Waals surface area (Å²) in [6, 6.07) is 14.6. The Balaban J connectivity index is 1.74. The molecule has 0 unspecified atom stereocenters. The summed E-state index contributed by atoms with van der Waals surface area (Å²) < 4.78 is 5.27. The van der Waals surface area contributed by atoms with Gasteiger partial charge in [-0.2, -0.15) is 0 Å². The molecule has 0 radical (unpaired) electrons. The summed E-state index contributed by atoms with van der Waals surface area (Å²) in [5, 5.41) is 2.82. The zero-order chi connectivity index (χ0) is 17.8. The Morgan fingerprint density at radius 3 is 2.72 bits per heavy atom. The van der Waals surface area contributed by atoms with Gasteiger partial charge in [0.05, 0.1) is 6.26 Å². The number of aryl methyl sites for hydroxylation is 1. The van der Waals surface area contributed by atoms with Gasteiger partial charge in [-0.3, -0.25) is 9.59 Å². The molecule has 3 rings (SSSR count). The minimum atomic E-state index is -0.401.